The van der Waals surface area contributed by atoms with E-state index in [4.69, 9.17) is 4.74 Å². The standard InChI is InChI=1S/C24H31N5O3S/c1-16-5-7-17(8-6-16)33(30,31)29-12-10-18-22(26-15-27-23(18)29)28-14-21(24(2,3)4)32-20-9-11-25-13-19(20)28/h5-8,10,12,15,19-21,25H,9,11,13-14H2,1-4H3/t19-,20+,21?/m1/s1. The molecule has 1 unspecified atom stereocenters. The number of piperidine rings is 1. The van der Waals surface area contributed by atoms with Crippen LogP contribution in [0.15, 0.2) is 47.8 Å². The average Bonchev–Trinajstić information content (AvgIpc) is 3.23. The number of aryl methyl sites for hydroxylation is 1. The normalized spacial score (nSPS) is 24.1. The number of nitrogens with zero attached hydrogens (tertiary/aromatic N) is 4. The smallest absolute Gasteiger partial charge is 0.269 e. The predicted molar refractivity (Wildman–Crippen MR) is 128 cm³/mol. The van der Waals surface area contributed by atoms with Gasteiger partial charge in [-0.1, -0.05) is 38.5 Å². The Kier molecular flexibility index (Phi) is 5.46. The highest BCUT2D eigenvalue weighted by molar-refractivity contribution is 7.90. The molecule has 1 N–H and O–H groups in total. The molecule has 1 aromatic carbocycles. The molecule has 33 heavy (non-hydrogen) atoms. The lowest BCUT2D eigenvalue weighted by Crippen LogP contribution is -2.63. The maximum absolute atomic E-state index is 13.4. The van der Waals surface area contributed by atoms with E-state index in [-0.39, 0.29) is 28.6 Å². The Balaban J connectivity index is 1.59. The Morgan fingerprint density at radius 2 is 1.88 bits per heavy atom. The van der Waals surface area contributed by atoms with E-state index in [1.54, 1.807) is 30.5 Å². The third kappa shape index (κ3) is 3.92. The number of morpholine rings is 1. The van der Waals surface area contributed by atoms with Crippen LogP contribution in [0, 0.1) is 12.3 Å². The maximum atomic E-state index is 13.4. The van der Waals surface area contributed by atoms with Gasteiger partial charge >= 0.3 is 0 Å². The van der Waals surface area contributed by atoms with Gasteiger partial charge in [-0.3, -0.25) is 0 Å². The molecule has 4 heterocycles. The fourth-order valence-electron chi connectivity index (χ4n) is 4.74. The third-order valence-corrected chi connectivity index (χ3v) is 8.41. The van der Waals surface area contributed by atoms with Gasteiger partial charge in [0.05, 0.1) is 28.5 Å². The number of ether oxygens (including phenoxy) is 1. The summed E-state index contributed by atoms with van der Waals surface area (Å²) in [5, 5.41) is 4.20. The van der Waals surface area contributed by atoms with Crippen LogP contribution >= 0.6 is 0 Å². The molecule has 0 saturated carbocycles. The highest BCUT2D eigenvalue weighted by Gasteiger charge is 2.43. The molecule has 3 aromatic rings. The molecule has 5 rings (SSSR count). The monoisotopic (exact) mass is 469 g/mol. The molecule has 0 aliphatic carbocycles. The molecule has 0 spiro atoms. The van der Waals surface area contributed by atoms with Crippen molar-refractivity contribution in [1.29, 1.82) is 0 Å². The molecular formula is C24H31N5O3S. The fourth-order valence-corrected chi connectivity index (χ4v) is 6.04. The average molecular weight is 470 g/mol. The Morgan fingerprint density at radius 3 is 2.61 bits per heavy atom. The molecule has 2 aromatic heterocycles. The van der Waals surface area contributed by atoms with Gasteiger partial charge in [0.25, 0.3) is 10.0 Å². The molecule has 2 aliphatic heterocycles. The summed E-state index contributed by atoms with van der Waals surface area (Å²) in [6.45, 7) is 10.9. The molecule has 176 valence electrons. The van der Waals surface area contributed by atoms with Crippen LogP contribution in [-0.4, -0.2) is 60.2 Å². The molecule has 2 saturated heterocycles. The van der Waals surface area contributed by atoms with Crippen LogP contribution < -0.4 is 10.2 Å². The van der Waals surface area contributed by atoms with Gasteiger partial charge in [-0.05, 0) is 43.5 Å². The first-order valence-electron chi connectivity index (χ1n) is 11.4. The lowest BCUT2D eigenvalue weighted by atomic mass is 9.85. The first kappa shape index (κ1) is 22.3. The van der Waals surface area contributed by atoms with Crippen molar-refractivity contribution in [2.75, 3.05) is 24.5 Å². The fraction of sp³-hybridized carbons (Fsp3) is 0.500. The summed E-state index contributed by atoms with van der Waals surface area (Å²) in [5.41, 5.74) is 1.37. The van der Waals surface area contributed by atoms with E-state index < -0.39 is 10.0 Å². The van der Waals surface area contributed by atoms with Crippen LogP contribution in [-0.2, 0) is 14.8 Å². The first-order valence-corrected chi connectivity index (χ1v) is 12.9. The number of rotatable bonds is 3. The zero-order valence-electron chi connectivity index (χ0n) is 19.5. The summed E-state index contributed by atoms with van der Waals surface area (Å²) < 4.78 is 34.5. The lowest BCUT2D eigenvalue weighted by molar-refractivity contribution is -0.103. The molecule has 8 nitrogen and oxygen atoms in total. The topological polar surface area (TPSA) is 89.4 Å². The van der Waals surface area contributed by atoms with Crippen LogP contribution in [0.3, 0.4) is 0 Å². The minimum atomic E-state index is -3.77. The molecule has 0 amide bonds. The minimum Gasteiger partial charge on any atom is -0.370 e. The van der Waals surface area contributed by atoms with E-state index in [1.807, 2.05) is 13.0 Å². The van der Waals surface area contributed by atoms with Crippen molar-refractivity contribution in [2.24, 2.45) is 5.41 Å². The largest absolute Gasteiger partial charge is 0.370 e. The van der Waals surface area contributed by atoms with Crippen molar-refractivity contribution in [3.63, 3.8) is 0 Å². The van der Waals surface area contributed by atoms with E-state index in [9.17, 15) is 8.42 Å². The summed E-state index contributed by atoms with van der Waals surface area (Å²) in [7, 11) is -3.77. The van der Waals surface area contributed by atoms with Gasteiger partial charge in [-0.15, -0.1) is 0 Å². The van der Waals surface area contributed by atoms with Gasteiger partial charge < -0.3 is 15.0 Å². The lowest BCUT2D eigenvalue weighted by Gasteiger charge is -2.50. The first-order chi connectivity index (χ1) is 15.7. The number of hydrogen-bond acceptors (Lipinski definition) is 7. The van der Waals surface area contributed by atoms with E-state index in [0.717, 1.165) is 36.3 Å². The van der Waals surface area contributed by atoms with Crippen molar-refractivity contribution in [3.05, 3.63) is 48.4 Å². The van der Waals surface area contributed by atoms with E-state index >= 15 is 0 Å². The van der Waals surface area contributed by atoms with Gasteiger partial charge in [0.15, 0.2) is 5.65 Å². The van der Waals surface area contributed by atoms with Crippen molar-refractivity contribution >= 4 is 26.9 Å². The molecular weight excluding hydrogens is 438 g/mol. The Labute approximate surface area is 195 Å². The second-order valence-electron chi connectivity index (χ2n) is 10.1. The minimum absolute atomic E-state index is 0.0268. The molecule has 0 bridgehead atoms. The van der Waals surface area contributed by atoms with Crippen LogP contribution in [0.4, 0.5) is 5.82 Å². The summed E-state index contributed by atoms with van der Waals surface area (Å²) in [4.78, 5) is 11.6. The summed E-state index contributed by atoms with van der Waals surface area (Å²) in [6, 6.07) is 8.81. The van der Waals surface area contributed by atoms with Gasteiger partial charge in [0.1, 0.15) is 12.1 Å². The maximum Gasteiger partial charge on any atom is 0.269 e. The van der Waals surface area contributed by atoms with Crippen molar-refractivity contribution in [1.82, 2.24) is 19.3 Å². The van der Waals surface area contributed by atoms with Crippen molar-refractivity contribution in [2.45, 2.75) is 57.3 Å². The zero-order valence-corrected chi connectivity index (χ0v) is 20.3. The zero-order chi connectivity index (χ0) is 23.4. The highest BCUT2D eigenvalue weighted by Crippen LogP contribution is 2.36. The van der Waals surface area contributed by atoms with E-state index in [0.29, 0.717) is 12.2 Å². The number of anilines is 1. The molecule has 3 atom stereocenters. The van der Waals surface area contributed by atoms with Gasteiger partial charge in [-0.2, -0.15) is 0 Å². The number of benzene rings is 1. The number of fused-ring (bicyclic) bond motifs is 2. The SMILES string of the molecule is Cc1ccc(S(=O)(=O)n2ccc3c(N4CC(C(C)(C)C)O[C@H]5CCNC[C@H]54)ncnc32)cc1. The van der Waals surface area contributed by atoms with Gasteiger partial charge in [-0.25, -0.2) is 22.4 Å². The second-order valence-corrected chi connectivity index (χ2v) is 11.9. The molecule has 0 radical (unpaired) electrons. The summed E-state index contributed by atoms with van der Waals surface area (Å²) in [5.74, 6) is 0.758. The van der Waals surface area contributed by atoms with Gasteiger partial charge in [0, 0.05) is 19.3 Å². The Morgan fingerprint density at radius 1 is 1.12 bits per heavy atom. The predicted octanol–water partition coefficient (Wildman–Crippen LogP) is 2.96. The third-order valence-electron chi connectivity index (χ3n) is 6.73. The summed E-state index contributed by atoms with van der Waals surface area (Å²) in [6.07, 6.45) is 4.13. The van der Waals surface area contributed by atoms with Crippen molar-refractivity contribution < 1.29 is 13.2 Å². The highest BCUT2D eigenvalue weighted by atomic mass is 32.2. The van der Waals surface area contributed by atoms with Crippen molar-refractivity contribution in [3.8, 4) is 0 Å². The molecule has 9 heteroatoms. The number of hydrogen-bond donors (Lipinski definition) is 1. The van der Waals surface area contributed by atoms with E-state index in [1.165, 1.54) is 10.3 Å². The van der Waals surface area contributed by atoms with Crippen LogP contribution in [0.1, 0.15) is 32.8 Å². The Bertz CT molecular complexity index is 1260. The van der Waals surface area contributed by atoms with Crippen LogP contribution in [0.5, 0.6) is 0 Å². The van der Waals surface area contributed by atoms with Gasteiger partial charge in [0.2, 0.25) is 0 Å². The number of nitrogens with one attached hydrogen (secondary N) is 1. The molecule has 2 fully saturated rings. The second kappa shape index (κ2) is 8.07. The quantitative estimate of drug-likeness (QED) is 0.631. The number of aromatic nitrogens is 3. The van der Waals surface area contributed by atoms with Crippen LogP contribution in [0.2, 0.25) is 0 Å². The van der Waals surface area contributed by atoms with E-state index in [2.05, 4.69) is 41.0 Å². The molecule has 2 aliphatic rings. The Hall–Kier alpha value is -2.49. The van der Waals surface area contributed by atoms with Crippen LogP contribution in [0.25, 0.3) is 11.0 Å². The summed E-state index contributed by atoms with van der Waals surface area (Å²) >= 11 is 0.